The van der Waals surface area contributed by atoms with Crippen LogP contribution in [0.25, 0.3) is 0 Å². The summed E-state index contributed by atoms with van der Waals surface area (Å²) in [6.07, 6.45) is 3.04. The molecule has 13 heteroatoms. The number of nitrogens with one attached hydrogen (secondary N) is 2. The number of amidine groups is 1. The van der Waals surface area contributed by atoms with Gasteiger partial charge in [0.2, 0.25) is 5.95 Å². The molecule has 0 aliphatic carbocycles. The number of rotatable bonds is 5. The van der Waals surface area contributed by atoms with E-state index in [9.17, 15) is 18.4 Å². The topological polar surface area (TPSA) is 112 Å². The van der Waals surface area contributed by atoms with E-state index >= 15 is 4.39 Å². The maximum Gasteiger partial charge on any atom is 0.274 e. The lowest BCUT2D eigenvalue weighted by molar-refractivity contribution is 0.0975. The lowest BCUT2D eigenvalue weighted by Gasteiger charge is -2.35. The fourth-order valence-electron chi connectivity index (χ4n) is 5.06. The Labute approximate surface area is 242 Å². The van der Waals surface area contributed by atoms with Crippen molar-refractivity contribution in [1.29, 1.82) is 0 Å². The number of nitrogens with zero attached hydrogens (tertiary/aromatic N) is 5. The van der Waals surface area contributed by atoms with Crippen LogP contribution >= 0.6 is 11.8 Å². The molecule has 4 heterocycles. The SMILES string of the molecule is O=C(NC1=NC2(c3cc(NC(=O)c4ccc(F)cn4)ccc3F)CN(c3ncc(F)cn3)CC2CS1)c1ccccc1. The van der Waals surface area contributed by atoms with Crippen molar-refractivity contribution in [3.8, 4) is 0 Å². The van der Waals surface area contributed by atoms with E-state index in [0.717, 1.165) is 24.7 Å². The minimum absolute atomic E-state index is 0.0168. The van der Waals surface area contributed by atoms with E-state index in [-0.39, 0.29) is 41.3 Å². The van der Waals surface area contributed by atoms with Crippen molar-refractivity contribution >= 4 is 40.4 Å². The van der Waals surface area contributed by atoms with Crippen LogP contribution in [0.3, 0.4) is 0 Å². The van der Waals surface area contributed by atoms with Crippen molar-refractivity contribution in [3.05, 3.63) is 114 Å². The molecule has 2 aromatic carbocycles. The number of anilines is 2. The summed E-state index contributed by atoms with van der Waals surface area (Å²) in [5.41, 5.74) is -0.322. The first-order chi connectivity index (χ1) is 20.3. The molecule has 6 rings (SSSR count). The molecular weight excluding hydrogens is 567 g/mol. The molecule has 2 aliphatic heterocycles. The average Bonchev–Trinajstić information content (AvgIpc) is 3.39. The molecule has 2 amide bonds. The molecule has 0 bridgehead atoms. The number of carbonyl (C=O) groups excluding carboxylic acids is 2. The number of halogens is 3. The van der Waals surface area contributed by atoms with Gasteiger partial charge in [-0.3, -0.25) is 9.59 Å². The third-order valence-corrected chi connectivity index (χ3v) is 8.10. The molecule has 212 valence electrons. The Bertz CT molecular complexity index is 1670. The van der Waals surface area contributed by atoms with Crippen molar-refractivity contribution in [1.82, 2.24) is 20.3 Å². The largest absolute Gasteiger partial charge is 0.338 e. The quantitative estimate of drug-likeness (QED) is 0.355. The van der Waals surface area contributed by atoms with Crippen LogP contribution in [0.1, 0.15) is 26.4 Å². The molecule has 2 atom stereocenters. The number of fused-ring (bicyclic) bond motifs is 1. The Hall–Kier alpha value is -4.78. The second-order valence-corrected chi connectivity index (χ2v) is 10.8. The highest BCUT2D eigenvalue weighted by Crippen LogP contribution is 2.47. The summed E-state index contributed by atoms with van der Waals surface area (Å²) in [6.45, 7) is 0.514. The summed E-state index contributed by atoms with van der Waals surface area (Å²) in [6, 6.07) is 15.1. The third kappa shape index (κ3) is 5.42. The van der Waals surface area contributed by atoms with Gasteiger partial charge in [-0.05, 0) is 42.5 Å². The molecule has 4 aromatic rings. The summed E-state index contributed by atoms with van der Waals surface area (Å²) >= 11 is 1.33. The van der Waals surface area contributed by atoms with Gasteiger partial charge in [0.15, 0.2) is 11.0 Å². The number of amides is 2. The normalized spacial score (nSPS) is 19.5. The van der Waals surface area contributed by atoms with Gasteiger partial charge in [0, 0.05) is 35.0 Å². The fraction of sp³-hybridized carbons (Fsp3) is 0.172. The number of pyridine rings is 1. The molecule has 2 unspecified atom stereocenters. The Balaban J connectivity index is 1.37. The molecule has 0 spiro atoms. The smallest absolute Gasteiger partial charge is 0.274 e. The summed E-state index contributed by atoms with van der Waals surface area (Å²) in [5, 5.41) is 5.83. The number of aliphatic imine (C=N–C) groups is 1. The number of carbonyl (C=O) groups is 2. The molecule has 1 saturated heterocycles. The van der Waals surface area contributed by atoms with Gasteiger partial charge in [-0.25, -0.2) is 33.1 Å². The Morgan fingerprint density at radius 2 is 1.64 bits per heavy atom. The van der Waals surface area contributed by atoms with Gasteiger partial charge in [-0.1, -0.05) is 30.0 Å². The second kappa shape index (κ2) is 11.2. The number of aromatic nitrogens is 3. The maximum atomic E-state index is 15.7. The van der Waals surface area contributed by atoms with E-state index in [1.54, 1.807) is 35.2 Å². The van der Waals surface area contributed by atoms with Crippen LogP contribution < -0.4 is 15.5 Å². The van der Waals surface area contributed by atoms with Crippen LogP contribution in [-0.2, 0) is 5.54 Å². The Morgan fingerprint density at radius 3 is 2.38 bits per heavy atom. The molecule has 2 aromatic heterocycles. The third-order valence-electron chi connectivity index (χ3n) is 7.07. The van der Waals surface area contributed by atoms with Crippen LogP contribution in [0.5, 0.6) is 0 Å². The van der Waals surface area contributed by atoms with Crippen molar-refractivity contribution in [3.63, 3.8) is 0 Å². The van der Waals surface area contributed by atoms with E-state index in [4.69, 9.17) is 4.99 Å². The van der Waals surface area contributed by atoms with Gasteiger partial charge in [0.05, 0.1) is 25.1 Å². The number of hydrogen-bond donors (Lipinski definition) is 2. The van der Waals surface area contributed by atoms with Gasteiger partial charge in [0.25, 0.3) is 11.8 Å². The zero-order valence-electron chi connectivity index (χ0n) is 21.8. The first-order valence-electron chi connectivity index (χ1n) is 12.9. The van der Waals surface area contributed by atoms with Crippen molar-refractivity contribution in [2.75, 3.05) is 29.1 Å². The summed E-state index contributed by atoms with van der Waals surface area (Å²) in [4.78, 5) is 44.4. The van der Waals surface area contributed by atoms with Gasteiger partial charge in [-0.2, -0.15) is 0 Å². The van der Waals surface area contributed by atoms with Crippen LogP contribution in [-0.4, -0.2) is 50.8 Å². The number of hydrogen-bond acceptors (Lipinski definition) is 8. The highest BCUT2D eigenvalue weighted by molar-refractivity contribution is 8.13. The van der Waals surface area contributed by atoms with Gasteiger partial charge < -0.3 is 15.5 Å². The Kier molecular flexibility index (Phi) is 7.33. The fourth-order valence-corrected chi connectivity index (χ4v) is 6.19. The lowest BCUT2D eigenvalue weighted by Crippen LogP contribution is -2.43. The van der Waals surface area contributed by atoms with Crippen LogP contribution in [0.4, 0.5) is 24.8 Å². The second-order valence-electron chi connectivity index (χ2n) is 9.76. The lowest BCUT2D eigenvalue weighted by atomic mass is 9.81. The van der Waals surface area contributed by atoms with E-state index in [2.05, 4.69) is 25.6 Å². The molecule has 1 fully saturated rings. The van der Waals surface area contributed by atoms with E-state index < -0.39 is 28.9 Å². The summed E-state index contributed by atoms with van der Waals surface area (Å²) in [7, 11) is 0. The first-order valence-corrected chi connectivity index (χ1v) is 13.8. The standard InChI is InChI=1S/C29H22F3N7O2S/c30-19-6-9-24(33-11-19)26(41)36-21-7-8-23(32)22(10-21)29-16-39(27-34-12-20(31)13-35-27)14-18(29)15-42-28(38-29)37-25(40)17-4-2-1-3-5-17/h1-13,18H,14-16H2,(H,36,41)(H,37,38,40). The van der Waals surface area contributed by atoms with Gasteiger partial charge in [0.1, 0.15) is 22.9 Å². The van der Waals surface area contributed by atoms with Crippen molar-refractivity contribution in [2.45, 2.75) is 5.54 Å². The van der Waals surface area contributed by atoms with Crippen molar-refractivity contribution in [2.24, 2.45) is 10.9 Å². The summed E-state index contributed by atoms with van der Waals surface area (Å²) < 4.78 is 42.5. The van der Waals surface area contributed by atoms with E-state index in [1.807, 2.05) is 0 Å². The molecular formula is C29H22F3N7O2S. The molecule has 2 aliphatic rings. The minimum atomic E-state index is -1.21. The van der Waals surface area contributed by atoms with E-state index in [1.165, 1.54) is 36.0 Å². The molecule has 0 saturated carbocycles. The maximum absolute atomic E-state index is 15.7. The number of thioether (sulfide) groups is 1. The highest BCUT2D eigenvalue weighted by Gasteiger charge is 2.52. The molecule has 0 radical (unpaired) electrons. The van der Waals surface area contributed by atoms with Gasteiger partial charge >= 0.3 is 0 Å². The molecule has 9 nitrogen and oxygen atoms in total. The zero-order chi connectivity index (χ0) is 29.3. The highest BCUT2D eigenvalue weighted by atomic mass is 32.2. The Morgan fingerprint density at radius 1 is 0.881 bits per heavy atom. The van der Waals surface area contributed by atoms with E-state index in [0.29, 0.717) is 23.0 Å². The molecule has 42 heavy (non-hydrogen) atoms. The van der Waals surface area contributed by atoms with Crippen LogP contribution in [0.2, 0.25) is 0 Å². The predicted octanol–water partition coefficient (Wildman–Crippen LogP) is 4.41. The van der Waals surface area contributed by atoms with Crippen LogP contribution in [0, 0.1) is 23.4 Å². The first kappa shape index (κ1) is 27.4. The average molecular weight is 590 g/mol. The molecule has 2 N–H and O–H groups in total. The number of benzene rings is 2. The van der Waals surface area contributed by atoms with Crippen LogP contribution in [0.15, 0.2) is 84.2 Å². The minimum Gasteiger partial charge on any atom is -0.338 e. The summed E-state index contributed by atoms with van der Waals surface area (Å²) in [5.74, 6) is -2.23. The monoisotopic (exact) mass is 589 g/mol. The predicted molar refractivity (Wildman–Crippen MR) is 152 cm³/mol. The van der Waals surface area contributed by atoms with Gasteiger partial charge in [-0.15, -0.1) is 0 Å². The van der Waals surface area contributed by atoms with Crippen molar-refractivity contribution < 1.29 is 22.8 Å². The zero-order valence-corrected chi connectivity index (χ0v) is 22.6.